The van der Waals surface area contributed by atoms with Gasteiger partial charge in [0.2, 0.25) is 5.91 Å². The first-order chi connectivity index (χ1) is 12.7. The monoisotopic (exact) mass is 369 g/mol. The second-order valence-electron chi connectivity index (χ2n) is 6.53. The van der Waals surface area contributed by atoms with Crippen LogP contribution in [-0.2, 0) is 4.79 Å². The van der Waals surface area contributed by atoms with Crippen molar-refractivity contribution < 1.29 is 4.79 Å². The van der Waals surface area contributed by atoms with Gasteiger partial charge in [0, 0.05) is 49.9 Å². The van der Waals surface area contributed by atoms with Crippen molar-refractivity contribution in [2.75, 3.05) is 44.2 Å². The highest BCUT2D eigenvalue weighted by Crippen LogP contribution is 2.22. The molecule has 0 radical (unpaired) electrons. The van der Waals surface area contributed by atoms with Gasteiger partial charge in [0.1, 0.15) is 0 Å². The molecule has 1 aliphatic rings. The number of benzene rings is 2. The van der Waals surface area contributed by atoms with Crippen LogP contribution in [0.3, 0.4) is 0 Å². The van der Waals surface area contributed by atoms with Crippen LogP contribution in [0.2, 0.25) is 0 Å². The summed E-state index contributed by atoms with van der Waals surface area (Å²) in [5, 5.41) is 3.00. The van der Waals surface area contributed by atoms with Crippen LogP contribution in [0.5, 0.6) is 0 Å². The van der Waals surface area contributed by atoms with Crippen LogP contribution in [0.25, 0.3) is 0 Å². The summed E-state index contributed by atoms with van der Waals surface area (Å²) in [5.74, 6) is 0.113. The summed E-state index contributed by atoms with van der Waals surface area (Å²) in [5.41, 5.74) is 1.30. The van der Waals surface area contributed by atoms with Gasteiger partial charge in [-0.25, -0.2) is 0 Å². The van der Waals surface area contributed by atoms with Gasteiger partial charge in [-0.2, -0.15) is 0 Å². The number of nitrogens with one attached hydrogen (secondary N) is 1. The van der Waals surface area contributed by atoms with Gasteiger partial charge < -0.3 is 10.2 Å². The van der Waals surface area contributed by atoms with Crippen LogP contribution in [-0.4, -0.2) is 55.3 Å². The van der Waals surface area contributed by atoms with Crippen LogP contribution in [0.4, 0.5) is 5.69 Å². The fourth-order valence-electron chi connectivity index (χ4n) is 3.11. The van der Waals surface area contributed by atoms with Gasteiger partial charge in [-0.1, -0.05) is 36.4 Å². The number of amides is 1. The topological polar surface area (TPSA) is 35.6 Å². The van der Waals surface area contributed by atoms with E-state index in [1.165, 1.54) is 5.69 Å². The highest BCUT2D eigenvalue weighted by Gasteiger charge is 2.18. The summed E-state index contributed by atoms with van der Waals surface area (Å²) < 4.78 is 0. The Morgan fingerprint density at radius 1 is 1.00 bits per heavy atom. The highest BCUT2D eigenvalue weighted by molar-refractivity contribution is 8.00. The van der Waals surface area contributed by atoms with Crippen LogP contribution in [0.15, 0.2) is 65.6 Å². The first kappa shape index (κ1) is 18.8. The van der Waals surface area contributed by atoms with E-state index in [0.29, 0.717) is 6.54 Å². The Balaban J connectivity index is 1.34. The number of piperazine rings is 1. The zero-order chi connectivity index (χ0) is 18.2. The molecular weight excluding hydrogens is 342 g/mol. The molecule has 1 saturated heterocycles. The van der Waals surface area contributed by atoms with Crippen molar-refractivity contribution in [1.29, 1.82) is 0 Å². The minimum absolute atomic E-state index is 0.0765. The van der Waals surface area contributed by atoms with Crippen molar-refractivity contribution in [3.63, 3.8) is 0 Å². The third-order valence-electron chi connectivity index (χ3n) is 4.65. The number of carbonyl (C=O) groups is 1. The molecule has 0 aliphatic carbocycles. The van der Waals surface area contributed by atoms with Gasteiger partial charge in [-0.05, 0) is 31.2 Å². The maximum Gasteiger partial charge on any atom is 0.233 e. The normalized spacial score (nSPS) is 16.3. The zero-order valence-electron chi connectivity index (χ0n) is 15.3. The molecule has 3 rings (SSSR count). The third-order valence-corrected chi connectivity index (χ3v) is 5.76. The van der Waals surface area contributed by atoms with Crippen molar-refractivity contribution in [2.45, 2.75) is 17.1 Å². The average Bonchev–Trinajstić information content (AvgIpc) is 2.70. The minimum Gasteiger partial charge on any atom is -0.369 e. The van der Waals surface area contributed by atoms with Crippen molar-refractivity contribution in [1.82, 2.24) is 10.2 Å². The molecule has 1 N–H and O–H groups in total. The van der Waals surface area contributed by atoms with Crippen molar-refractivity contribution in [3.05, 3.63) is 60.7 Å². The third kappa shape index (κ3) is 5.51. The van der Waals surface area contributed by atoms with E-state index in [0.717, 1.165) is 37.6 Å². The van der Waals surface area contributed by atoms with E-state index >= 15 is 0 Å². The molecule has 1 fully saturated rings. The molecule has 138 valence electrons. The molecule has 1 amide bonds. The fraction of sp³-hybridized carbons (Fsp3) is 0.381. The Morgan fingerprint density at radius 3 is 2.27 bits per heavy atom. The summed E-state index contributed by atoms with van der Waals surface area (Å²) in [4.78, 5) is 18.2. The maximum absolute atomic E-state index is 12.3. The first-order valence-corrected chi connectivity index (χ1v) is 10.1. The quantitative estimate of drug-likeness (QED) is 0.761. The summed E-state index contributed by atoms with van der Waals surface area (Å²) >= 11 is 1.60. The largest absolute Gasteiger partial charge is 0.369 e. The number of carbonyl (C=O) groups excluding carboxylic acids is 1. The molecule has 1 unspecified atom stereocenters. The minimum atomic E-state index is -0.0765. The van der Waals surface area contributed by atoms with Crippen LogP contribution in [0, 0.1) is 0 Å². The standard InChI is InChI=1S/C21H27N3OS/c1-18(26-20-10-6-3-7-11-20)21(25)22-12-13-23-14-16-24(17-15-23)19-8-4-2-5-9-19/h2-11,18H,12-17H2,1H3,(H,22,25). The highest BCUT2D eigenvalue weighted by atomic mass is 32.2. The molecule has 0 saturated carbocycles. The molecule has 5 heteroatoms. The van der Waals surface area contributed by atoms with Crippen molar-refractivity contribution in [3.8, 4) is 0 Å². The number of hydrogen-bond donors (Lipinski definition) is 1. The summed E-state index contributed by atoms with van der Waals surface area (Å²) in [6, 6.07) is 20.7. The number of rotatable bonds is 7. The Morgan fingerprint density at radius 2 is 1.62 bits per heavy atom. The number of nitrogens with zero attached hydrogens (tertiary/aromatic N) is 2. The van der Waals surface area contributed by atoms with Gasteiger partial charge in [-0.15, -0.1) is 11.8 Å². The SMILES string of the molecule is CC(Sc1ccccc1)C(=O)NCCN1CCN(c2ccccc2)CC1. The number of para-hydroxylation sites is 1. The van der Waals surface area contributed by atoms with Gasteiger partial charge in [-0.3, -0.25) is 9.69 Å². The van der Waals surface area contributed by atoms with Gasteiger partial charge >= 0.3 is 0 Å². The number of hydrogen-bond acceptors (Lipinski definition) is 4. The summed E-state index contributed by atoms with van der Waals surface area (Å²) in [6.07, 6.45) is 0. The molecule has 0 spiro atoms. The Labute approximate surface area is 160 Å². The summed E-state index contributed by atoms with van der Waals surface area (Å²) in [6.45, 7) is 7.75. The zero-order valence-corrected chi connectivity index (χ0v) is 16.1. The number of thioether (sulfide) groups is 1. The molecule has 2 aromatic rings. The molecular formula is C21H27N3OS. The van der Waals surface area contributed by atoms with Crippen molar-refractivity contribution in [2.24, 2.45) is 0 Å². The lowest BCUT2D eigenvalue weighted by molar-refractivity contribution is -0.120. The lowest BCUT2D eigenvalue weighted by Gasteiger charge is -2.36. The first-order valence-electron chi connectivity index (χ1n) is 9.24. The van der Waals surface area contributed by atoms with E-state index in [1.54, 1.807) is 11.8 Å². The van der Waals surface area contributed by atoms with E-state index in [4.69, 9.17) is 0 Å². The van der Waals surface area contributed by atoms with E-state index in [2.05, 4.69) is 45.4 Å². The molecule has 0 aromatic heterocycles. The maximum atomic E-state index is 12.3. The lowest BCUT2D eigenvalue weighted by atomic mass is 10.2. The molecule has 1 atom stereocenters. The molecule has 2 aromatic carbocycles. The Kier molecular flexibility index (Phi) is 6.97. The van der Waals surface area contributed by atoms with E-state index in [1.807, 2.05) is 37.3 Å². The van der Waals surface area contributed by atoms with Gasteiger partial charge in [0.25, 0.3) is 0 Å². The van der Waals surface area contributed by atoms with E-state index in [9.17, 15) is 4.79 Å². The Bertz CT molecular complexity index is 672. The predicted octanol–water partition coefficient (Wildman–Crippen LogP) is 3.11. The van der Waals surface area contributed by atoms with Gasteiger partial charge in [0.15, 0.2) is 0 Å². The molecule has 4 nitrogen and oxygen atoms in total. The smallest absolute Gasteiger partial charge is 0.233 e. The second kappa shape index (κ2) is 9.64. The average molecular weight is 370 g/mol. The fourth-order valence-corrected chi connectivity index (χ4v) is 4.02. The van der Waals surface area contributed by atoms with E-state index in [-0.39, 0.29) is 11.2 Å². The van der Waals surface area contributed by atoms with Crippen molar-refractivity contribution >= 4 is 23.4 Å². The predicted molar refractivity (Wildman–Crippen MR) is 110 cm³/mol. The second-order valence-corrected chi connectivity index (χ2v) is 7.94. The van der Waals surface area contributed by atoms with E-state index < -0.39 is 0 Å². The molecule has 0 bridgehead atoms. The molecule has 26 heavy (non-hydrogen) atoms. The van der Waals surface area contributed by atoms with Crippen LogP contribution < -0.4 is 10.2 Å². The Hall–Kier alpha value is -1.98. The molecule has 1 aliphatic heterocycles. The number of anilines is 1. The summed E-state index contributed by atoms with van der Waals surface area (Å²) in [7, 11) is 0. The van der Waals surface area contributed by atoms with Crippen LogP contribution >= 0.6 is 11.8 Å². The lowest BCUT2D eigenvalue weighted by Crippen LogP contribution is -2.48. The van der Waals surface area contributed by atoms with Crippen LogP contribution in [0.1, 0.15) is 6.92 Å². The van der Waals surface area contributed by atoms with Gasteiger partial charge in [0.05, 0.1) is 5.25 Å². The molecule has 1 heterocycles.